The van der Waals surface area contributed by atoms with Crippen molar-refractivity contribution in [1.29, 1.82) is 0 Å². The van der Waals surface area contributed by atoms with Crippen molar-refractivity contribution in [2.24, 2.45) is 5.92 Å². The van der Waals surface area contributed by atoms with E-state index in [0.29, 0.717) is 11.5 Å². The van der Waals surface area contributed by atoms with Gasteiger partial charge in [-0.1, -0.05) is 0 Å². The molecule has 1 amide bonds. The van der Waals surface area contributed by atoms with E-state index in [-0.39, 0.29) is 11.8 Å². The number of fused-ring (bicyclic) bond motifs is 1. The third-order valence-corrected chi connectivity index (χ3v) is 3.35. The molecule has 0 spiro atoms. The lowest BCUT2D eigenvalue weighted by atomic mass is 10.1. The molecule has 2 aliphatic rings. The second kappa shape index (κ2) is 4.42. The molecule has 0 bridgehead atoms. The largest absolute Gasteiger partial charge is 0.449 e. The molecule has 1 atom stereocenters. The van der Waals surface area contributed by atoms with Crippen LogP contribution < -0.4 is 20.1 Å². The van der Waals surface area contributed by atoms with Crippen molar-refractivity contribution >= 4 is 11.6 Å². The molecule has 0 aromatic heterocycles. The fourth-order valence-electron chi connectivity index (χ4n) is 2.42. The van der Waals surface area contributed by atoms with E-state index in [2.05, 4.69) is 10.6 Å². The summed E-state index contributed by atoms with van der Waals surface area (Å²) in [6.45, 7) is 5.38. The van der Waals surface area contributed by atoms with E-state index in [1.165, 1.54) is 0 Å². The Morgan fingerprint density at radius 1 is 1.37 bits per heavy atom. The predicted molar refractivity (Wildman–Crippen MR) is 71.4 cm³/mol. The minimum Gasteiger partial charge on any atom is -0.449 e. The molecular formula is C14H18N2O3. The van der Waals surface area contributed by atoms with Gasteiger partial charge in [0.1, 0.15) is 0 Å². The minimum absolute atomic E-state index is 0.0573. The van der Waals surface area contributed by atoms with Crippen molar-refractivity contribution in [3.8, 4) is 11.5 Å². The molecular weight excluding hydrogens is 244 g/mol. The number of carbonyl (C=O) groups is 1. The van der Waals surface area contributed by atoms with Gasteiger partial charge in [0.05, 0.1) is 5.92 Å². The van der Waals surface area contributed by atoms with E-state index in [0.717, 1.165) is 25.2 Å². The van der Waals surface area contributed by atoms with Crippen LogP contribution in [-0.2, 0) is 4.79 Å². The van der Waals surface area contributed by atoms with Crippen molar-refractivity contribution in [3.05, 3.63) is 18.2 Å². The van der Waals surface area contributed by atoms with Gasteiger partial charge in [0.2, 0.25) is 11.7 Å². The van der Waals surface area contributed by atoms with Crippen LogP contribution in [-0.4, -0.2) is 24.8 Å². The average molecular weight is 262 g/mol. The fourth-order valence-corrected chi connectivity index (χ4v) is 2.42. The van der Waals surface area contributed by atoms with Gasteiger partial charge in [-0.05, 0) is 25.1 Å². The lowest BCUT2D eigenvalue weighted by molar-refractivity contribution is -0.119. The van der Waals surface area contributed by atoms with Crippen LogP contribution in [0.4, 0.5) is 5.69 Å². The Labute approximate surface area is 112 Å². The number of hydrogen-bond donors (Lipinski definition) is 2. The molecule has 5 heteroatoms. The van der Waals surface area contributed by atoms with Crippen LogP contribution in [0.15, 0.2) is 18.2 Å². The number of hydrogen-bond acceptors (Lipinski definition) is 4. The van der Waals surface area contributed by atoms with Gasteiger partial charge in [-0.25, -0.2) is 0 Å². The molecule has 1 fully saturated rings. The van der Waals surface area contributed by atoms with Crippen molar-refractivity contribution in [3.63, 3.8) is 0 Å². The first kappa shape index (κ1) is 12.3. The van der Waals surface area contributed by atoms with Crippen LogP contribution in [0.1, 0.15) is 20.3 Å². The highest BCUT2D eigenvalue weighted by molar-refractivity contribution is 5.93. The Morgan fingerprint density at radius 2 is 2.16 bits per heavy atom. The highest BCUT2D eigenvalue weighted by Crippen LogP contribution is 2.40. The van der Waals surface area contributed by atoms with E-state index in [1.807, 2.05) is 32.0 Å². The summed E-state index contributed by atoms with van der Waals surface area (Å²) < 4.78 is 11.3. The Bertz CT molecular complexity index is 507. The zero-order valence-corrected chi connectivity index (χ0v) is 11.2. The van der Waals surface area contributed by atoms with Crippen molar-refractivity contribution in [1.82, 2.24) is 5.32 Å². The highest BCUT2D eigenvalue weighted by atomic mass is 16.7. The molecule has 0 radical (unpaired) electrons. The summed E-state index contributed by atoms with van der Waals surface area (Å²) in [4.78, 5) is 12.0. The first-order valence-electron chi connectivity index (χ1n) is 6.57. The molecule has 0 saturated carbocycles. The van der Waals surface area contributed by atoms with Crippen LogP contribution >= 0.6 is 0 Å². The van der Waals surface area contributed by atoms with Crippen LogP contribution in [0, 0.1) is 5.92 Å². The SMILES string of the molecule is CC1(C)Oc2ccc(NC(=O)C3CCNC3)cc2O1. The maximum atomic E-state index is 12.0. The number of carbonyl (C=O) groups excluding carboxylic acids is 1. The van der Waals surface area contributed by atoms with Gasteiger partial charge in [-0.2, -0.15) is 0 Å². The number of ether oxygens (including phenoxy) is 2. The highest BCUT2D eigenvalue weighted by Gasteiger charge is 2.32. The molecule has 1 aromatic carbocycles. The van der Waals surface area contributed by atoms with Gasteiger partial charge in [0, 0.05) is 32.1 Å². The maximum Gasteiger partial charge on any atom is 0.246 e. The summed E-state index contributed by atoms with van der Waals surface area (Å²) in [5.74, 6) is 0.864. The third kappa shape index (κ3) is 2.51. The zero-order chi connectivity index (χ0) is 13.5. The minimum atomic E-state index is -0.639. The number of nitrogens with one attached hydrogen (secondary N) is 2. The Morgan fingerprint density at radius 3 is 2.89 bits per heavy atom. The molecule has 2 N–H and O–H groups in total. The number of rotatable bonds is 2. The normalized spacial score (nSPS) is 23.4. The lowest BCUT2D eigenvalue weighted by Crippen LogP contribution is -2.29. The Hall–Kier alpha value is -1.75. The summed E-state index contributed by atoms with van der Waals surface area (Å²) in [5.41, 5.74) is 0.747. The quantitative estimate of drug-likeness (QED) is 0.852. The van der Waals surface area contributed by atoms with Crippen LogP contribution in [0.2, 0.25) is 0 Å². The molecule has 19 heavy (non-hydrogen) atoms. The monoisotopic (exact) mass is 262 g/mol. The van der Waals surface area contributed by atoms with Gasteiger partial charge in [-0.15, -0.1) is 0 Å². The Balaban J connectivity index is 1.71. The predicted octanol–water partition coefficient (Wildman–Crippen LogP) is 1.74. The second-order valence-corrected chi connectivity index (χ2v) is 5.44. The summed E-state index contributed by atoms with van der Waals surface area (Å²) in [5, 5.41) is 6.11. The van der Waals surface area contributed by atoms with E-state index >= 15 is 0 Å². The molecule has 5 nitrogen and oxygen atoms in total. The zero-order valence-electron chi connectivity index (χ0n) is 11.2. The van der Waals surface area contributed by atoms with Gasteiger partial charge < -0.3 is 20.1 Å². The number of benzene rings is 1. The van der Waals surface area contributed by atoms with E-state index in [4.69, 9.17) is 9.47 Å². The summed E-state index contributed by atoms with van der Waals surface area (Å²) in [6, 6.07) is 5.47. The molecule has 1 unspecified atom stereocenters. The molecule has 2 heterocycles. The molecule has 1 aromatic rings. The first-order chi connectivity index (χ1) is 9.03. The molecule has 0 aliphatic carbocycles. The van der Waals surface area contributed by atoms with E-state index in [9.17, 15) is 4.79 Å². The summed E-state index contributed by atoms with van der Waals surface area (Å²) >= 11 is 0. The molecule has 2 aliphatic heterocycles. The summed E-state index contributed by atoms with van der Waals surface area (Å²) in [6.07, 6.45) is 0.892. The van der Waals surface area contributed by atoms with Gasteiger partial charge >= 0.3 is 0 Å². The lowest BCUT2D eigenvalue weighted by Gasteiger charge is -2.16. The number of anilines is 1. The van der Waals surface area contributed by atoms with E-state index in [1.54, 1.807) is 0 Å². The molecule has 102 valence electrons. The van der Waals surface area contributed by atoms with Gasteiger partial charge in [0.25, 0.3) is 0 Å². The van der Waals surface area contributed by atoms with Crippen LogP contribution in [0.3, 0.4) is 0 Å². The fraction of sp³-hybridized carbons (Fsp3) is 0.500. The third-order valence-electron chi connectivity index (χ3n) is 3.35. The van der Waals surface area contributed by atoms with Crippen molar-refractivity contribution in [2.45, 2.75) is 26.1 Å². The summed E-state index contributed by atoms with van der Waals surface area (Å²) in [7, 11) is 0. The van der Waals surface area contributed by atoms with Crippen LogP contribution in [0.25, 0.3) is 0 Å². The van der Waals surface area contributed by atoms with Gasteiger partial charge in [-0.3, -0.25) is 4.79 Å². The number of amides is 1. The van der Waals surface area contributed by atoms with E-state index < -0.39 is 5.79 Å². The molecule has 1 saturated heterocycles. The smallest absolute Gasteiger partial charge is 0.246 e. The molecule has 3 rings (SSSR count). The van der Waals surface area contributed by atoms with Crippen molar-refractivity contribution in [2.75, 3.05) is 18.4 Å². The standard InChI is InChI=1S/C14H18N2O3/c1-14(2)18-11-4-3-10(7-12(11)19-14)16-13(17)9-5-6-15-8-9/h3-4,7,9,15H,5-6,8H2,1-2H3,(H,16,17). The Kier molecular flexibility index (Phi) is 2.86. The second-order valence-electron chi connectivity index (χ2n) is 5.44. The van der Waals surface area contributed by atoms with Crippen LogP contribution in [0.5, 0.6) is 11.5 Å². The maximum absolute atomic E-state index is 12.0. The topological polar surface area (TPSA) is 59.6 Å². The van der Waals surface area contributed by atoms with Crippen molar-refractivity contribution < 1.29 is 14.3 Å². The van der Waals surface area contributed by atoms with Gasteiger partial charge in [0.15, 0.2) is 11.5 Å². The first-order valence-corrected chi connectivity index (χ1v) is 6.57. The average Bonchev–Trinajstić information content (AvgIpc) is 2.93.